The fourth-order valence-corrected chi connectivity index (χ4v) is 4.44. The van der Waals surface area contributed by atoms with Crippen molar-refractivity contribution in [3.05, 3.63) is 103 Å². The zero-order valence-corrected chi connectivity index (χ0v) is 17.7. The molecule has 0 spiro atoms. The average Bonchev–Trinajstić information content (AvgIpc) is 2.79. The molecule has 0 aliphatic heterocycles. The number of carbonyl (C=O) groups is 2. The first-order valence-corrected chi connectivity index (χ1v) is 10.5. The lowest BCUT2D eigenvalue weighted by molar-refractivity contribution is 0.0696. The van der Waals surface area contributed by atoms with E-state index in [1.54, 1.807) is 6.92 Å². The van der Waals surface area contributed by atoms with Crippen molar-refractivity contribution < 1.29 is 24.2 Å². The van der Waals surface area contributed by atoms with E-state index in [9.17, 15) is 14.0 Å². The molecule has 2 aliphatic rings. The van der Waals surface area contributed by atoms with Gasteiger partial charge in [-0.3, -0.25) is 0 Å². The minimum absolute atomic E-state index is 0.00241. The van der Waals surface area contributed by atoms with Gasteiger partial charge in [-0.15, -0.1) is 0 Å². The molecule has 3 aromatic carbocycles. The van der Waals surface area contributed by atoms with Crippen molar-refractivity contribution >= 4 is 23.8 Å². The van der Waals surface area contributed by atoms with E-state index >= 15 is 0 Å². The van der Waals surface area contributed by atoms with Gasteiger partial charge < -0.3 is 10.2 Å². The SMILES string of the molecule is Cc1cc(C(=O)O)cc(C(=O)O)c1.FC1=c2ccc3c(c2CCC1)CC=c1ccccc1=3. The summed E-state index contributed by atoms with van der Waals surface area (Å²) in [5.74, 6) is -2.17. The van der Waals surface area contributed by atoms with Crippen LogP contribution in [0, 0.1) is 17.4 Å². The highest BCUT2D eigenvalue weighted by Crippen LogP contribution is 2.21. The first-order chi connectivity index (χ1) is 15.3. The molecule has 0 amide bonds. The third-order valence-electron chi connectivity index (χ3n) is 5.89. The molecule has 0 heterocycles. The van der Waals surface area contributed by atoms with E-state index in [0.29, 0.717) is 12.0 Å². The number of rotatable bonds is 2. The molecular weight excluding hydrogens is 407 g/mol. The number of hydrogen-bond donors (Lipinski definition) is 2. The fourth-order valence-electron chi connectivity index (χ4n) is 4.44. The Kier molecular flexibility index (Phi) is 5.91. The minimum Gasteiger partial charge on any atom is -0.478 e. The molecule has 0 bridgehead atoms. The highest BCUT2D eigenvalue weighted by atomic mass is 19.1. The Morgan fingerprint density at radius 1 is 0.812 bits per heavy atom. The maximum Gasteiger partial charge on any atom is 0.335 e. The number of carboxylic acids is 2. The largest absolute Gasteiger partial charge is 0.478 e. The van der Waals surface area contributed by atoms with E-state index in [-0.39, 0.29) is 17.0 Å². The molecule has 2 N–H and O–H groups in total. The van der Waals surface area contributed by atoms with Crippen molar-refractivity contribution in [1.82, 2.24) is 0 Å². The van der Waals surface area contributed by atoms with Gasteiger partial charge in [0.05, 0.1) is 11.1 Å². The number of carboxylic acid groups (broad SMARTS) is 2. The van der Waals surface area contributed by atoms with Gasteiger partial charge in [0.1, 0.15) is 5.83 Å². The first-order valence-electron chi connectivity index (χ1n) is 10.5. The van der Waals surface area contributed by atoms with Gasteiger partial charge in [-0.2, -0.15) is 0 Å². The van der Waals surface area contributed by atoms with Crippen LogP contribution in [0.3, 0.4) is 0 Å². The van der Waals surface area contributed by atoms with Crippen LogP contribution in [0.5, 0.6) is 0 Å². The predicted octanol–water partition coefficient (Wildman–Crippen LogP) is 4.12. The predicted molar refractivity (Wildman–Crippen MR) is 121 cm³/mol. The maximum absolute atomic E-state index is 13.9. The van der Waals surface area contributed by atoms with E-state index in [2.05, 4.69) is 36.4 Å². The lowest BCUT2D eigenvalue weighted by Crippen LogP contribution is -2.21. The van der Waals surface area contributed by atoms with Crippen LogP contribution in [-0.2, 0) is 12.8 Å². The van der Waals surface area contributed by atoms with Gasteiger partial charge in [0, 0.05) is 11.6 Å². The van der Waals surface area contributed by atoms with Crippen molar-refractivity contribution in [1.29, 1.82) is 0 Å². The standard InChI is InChI=1S/C18H15F.C9H8O4/c19-18-7-3-6-14-16-9-8-12-4-1-2-5-13(12)15(16)10-11-17(14)18;1-5-2-6(8(10)11)4-7(3-5)9(12)13/h1-2,4-5,8,10-11H,3,6-7,9H2;2-4H,1H3,(H,10,11)(H,12,13). The molecule has 2 aliphatic carbocycles. The molecular formula is C27H23FO4. The van der Waals surface area contributed by atoms with Crippen LogP contribution in [0.1, 0.15) is 50.2 Å². The quantitative estimate of drug-likeness (QED) is 0.642. The van der Waals surface area contributed by atoms with Gasteiger partial charge in [0.15, 0.2) is 0 Å². The van der Waals surface area contributed by atoms with Crippen molar-refractivity contribution in [3.8, 4) is 0 Å². The second-order valence-electron chi connectivity index (χ2n) is 8.07. The molecule has 162 valence electrons. The number of aryl methyl sites for hydroxylation is 1. The lowest BCUT2D eigenvalue weighted by atomic mass is 9.88. The minimum atomic E-state index is -1.12. The number of hydrogen-bond acceptors (Lipinski definition) is 2. The van der Waals surface area contributed by atoms with Crippen LogP contribution in [0.2, 0.25) is 0 Å². The summed E-state index contributed by atoms with van der Waals surface area (Å²) in [6.45, 7) is 1.65. The van der Waals surface area contributed by atoms with Crippen LogP contribution < -0.4 is 10.4 Å². The molecule has 3 aromatic rings. The van der Waals surface area contributed by atoms with Crippen molar-refractivity contribution in [3.63, 3.8) is 0 Å². The zero-order valence-electron chi connectivity index (χ0n) is 17.7. The number of aromatic carboxylic acids is 2. The van der Waals surface area contributed by atoms with Crippen LogP contribution in [0.15, 0.2) is 54.6 Å². The van der Waals surface area contributed by atoms with E-state index in [1.165, 1.54) is 38.9 Å². The van der Waals surface area contributed by atoms with Gasteiger partial charge in [-0.25, -0.2) is 14.0 Å². The summed E-state index contributed by atoms with van der Waals surface area (Å²) in [4.78, 5) is 21.1. The van der Waals surface area contributed by atoms with Crippen molar-refractivity contribution in [2.45, 2.75) is 32.6 Å². The lowest BCUT2D eigenvalue weighted by Gasteiger charge is -2.17. The second-order valence-corrected chi connectivity index (χ2v) is 8.07. The second kappa shape index (κ2) is 8.79. The summed E-state index contributed by atoms with van der Waals surface area (Å²) in [5, 5.41) is 22.0. The highest BCUT2D eigenvalue weighted by Gasteiger charge is 2.15. The summed E-state index contributed by atoms with van der Waals surface area (Å²) < 4.78 is 13.9. The number of benzene rings is 3. The zero-order chi connectivity index (χ0) is 22.8. The maximum atomic E-state index is 13.9. The van der Waals surface area contributed by atoms with E-state index in [0.717, 1.165) is 30.5 Å². The summed E-state index contributed by atoms with van der Waals surface area (Å²) in [7, 11) is 0. The van der Waals surface area contributed by atoms with E-state index < -0.39 is 11.9 Å². The van der Waals surface area contributed by atoms with Gasteiger partial charge in [-0.1, -0.05) is 42.5 Å². The molecule has 5 rings (SSSR count). The van der Waals surface area contributed by atoms with Crippen LogP contribution >= 0.6 is 0 Å². The fraction of sp³-hybridized carbons (Fsp3) is 0.185. The molecule has 0 aromatic heterocycles. The molecule has 0 radical (unpaired) electrons. The molecule has 5 heteroatoms. The summed E-state index contributed by atoms with van der Waals surface area (Å²) in [6, 6.07) is 16.5. The Morgan fingerprint density at radius 3 is 2.16 bits per heavy atom. The van der Waals surface area contributed by atoms with Crippen molar-refractivity contribution in [2.24, 2.45) is 0 Å². The molecule has 32 heavy (non-hydrogen) atoms. The first kappa shape index (κ1) is 21.5. The third-order valence-corrected chi connectivity index (χ3v) is 5.89. The van der Waals surface area contributed by atoms with Gasteiger partial charge in [-0.05, 0) is 76.7 Å². The van der Waals surface area contributed by atoms with E-state index in [4.69, 9.17) is 10.2 Å². The third kappa shape index (κ3) is 4.19. The molecule has 0 saturated heterocycles. The molecule has 0 saturated carbocycles. The Labute approximate surface area is 184 Å². The van der Waals surface area contributed by atoms with Crippen molar-refractivity contribution in [2.75, 3.05) is 0 Å². The molecule has 0 atom stereocenters. The monoisotopic (exact) mass is 430 g/mol. The molecule has 4 nitrogen and oxygen atoms in total. The Hall–Kier alpha value is -3.73. The highest BCUT2D eigenvalue weighted by molar-refractivity contribution is 5.94. The topological polar surface area (TPSA) is 74.6 Å². The Balaban J connectivity index is 0.000000166. The summed E-state index contributed by atoms with van der Waals surface area (Å²) in [6.07, 6.45) is 5.76. The molecule has 0 fully saturated rings. The summed E-state index contributed by atoms with van der Waals surface area (Å²) >= 11 is 0. The van der Waals surface area contributed by atoms with Gasteiger partial charge in [0.25, 0.3) is 0 Å². The van der Waals surface area contributed by atoms with Crippen LogP contribution in [0.25, 0.3) is 11.9 Å². The molecule has 0 unspecified atom stereocenters. The Bertz CT molecular complexity index is 1420. The van der Waals surface area contributed by atoms with Crippen LogP contribution in [-0.4, -0.2) is 22.2 Å². The number of halogens is 1. The normalized spacial score (nSPS) is 13.5. The van der Waals surface area contributed by atoms with Crippen LogP contribution in [0.4, 0.5) is 4.39 Å². The Morgan fingerprint density at radius 2 is 1.47 bits per heavy atom. The number of fused-ring (bicyclic) bond motifs is 4. The summed E-state index contributed by atoms with van der Waals surface area (Å²) in [5.41, 5.74) is 3.20. The average molecular weight is 430 g/mol. The van der Waals surface area contributed by atoms with Gasteiger partial charge >= 0.3 is 11.9 Å². The van der Waals surface area contributed by atoms with E-state index in [1.807, 2.05) is 6.07 Å². The van der Waals surface area contributed by atoms with Gasteiger partial charge in [0.2, 0.25) is 0 Å². The smallest absolute Gasteiger partial charge is 0.335 e.